The molecule has 1 aliphatic rings. The molecule has 0 bridgehead atoms. The zero-order chi connectivity index (χ0) is 10.7. The van der Waals surface area contributed by atoms with E-state index < -0.39 is 0 Å². The van der Waals surface area contributed by atoms with Crippen molar-refractivity contribution in [2.75, 3.05) is 0 Å². The summed E-state index contributed by atoms with van der Waals surface area (Å²) in [7, 11) is 0. The van der Waals surface area contributed by atoms with Crippen LogP contribution in [0.5, 0.6) is 0 Å². The number of thiophene rings is 1. The Morgan fingerprint density at radius 2 is 2.27 bits per heavy atom. The molecule has 0 saturated heterocycles. The van der Waals surface area contributed by atoms with E-state index in [1.165, 1.54) is 17.7 Å². The monoisotopic (exact) mass is 286 g/mol. The van der Waals surface area contributed by atoms with Crippen molar-refractivity contribution in [1.29, 1.82) is 0 Å². The van der Waals surface area contributed by atoms with E-state index in [9.17, 15) is 4.79 Å². The van der Waals surface area contributed by atoms with Crippen molar-refractivity contribution in [3.63, 3.8) is 0 Å². The smallest absolute Gasteiger partial charge is 0.136 e. The minimum Gasteiger partial charge on any atom is -0.299 e. The summed E-state index contributed by atoms with van der Waals surface area (Å²) in [6.45, 7) is 0. The topological polar surface area (TPSA) is 17.1 Å². The molecule has 1 aromatic rings. The molecule has 0 amide bonds. The van der Waals surface area contributed by atoms with Crippen LogP contribution in [0.4, 0.5) is 0 Å². The number of carbonyl (C=O) groups excluding carboxylic acids is 1. The predicted octanol–water partition coefficient (Wildman–Crippen LogP) is 4.20. The number of hydrogen-bond acceptors (Lipinski definition) is 2. The molecule has 2 rings (SSSR count). The predicted molar refractivity (Wildman–Crippen MR) is 67.3 cm³/mol. The summed E-state index contributed by atoms with van der Waals surface area (Å²) in [5.74, 6) is 0.773. The van der Waals surface area contributed by atoms with E-state index in [1.807, 2.05) is 0 Å². The number of hydrogen-bond donors (Lipinski definition) is 0. The SMILES string of the molecule is O=C1CCCCCC1Cc1cc(Br)cs1. The van der Waals surface area contributed by atoms with Gasteiger partial charge < -0.3 is 0 Å². The molecule has 0 aliphatic heterocycles. The van der Waals surface area contributed by atoms with Crippen molar-refractivity contribution >= 4 is 33.0 Å². The average molecular weight is 287 g/mol. The first-order chi connectivity index (χ1) is 7.25. The van der Waals surface area contributed by atoms with Crippen molar-refractivity contribution in [2.45, 2.75) is 38.5 Å². The van der Waals surface area contributed by atoms with E-state index in [4.69, 9.17) is 0 Å². The molecule has 1 atom stereocenters. The van der Waals surface area contributed by atoms with Crippen molar-refractivity contribution in [1.82, 2.24) is 0 Å². The molecule has 1 fully saturated rings. The van der Waals surface area contributed by atoms with E-state index in [0.717, 1.165) is 30.2 Å². The van der Waals surface area contributed by atoms with Gasteiger partial charge in [0.05, 0.1) is 0 Å². The summed E-state index contributed by atoms with van der Waals surface area (Å²) in [4.78, 5) is 13.2. The maximum Gasteiger partial charge on any atom is 0.136 e. The Bertz CT molecular complexity index is 345. The zero-order valence-corrected chi connectivity index (χ0v) is 11.1. The highest BCUT2D eigenvalue weighted by Crippen LogP contribution is 2.27. The number of Topliss-reactive ketones (excluding diaryl/α,β-unsaturated/α-hetero) is 1. The summed E-state index contributed by atoms with van der Waals surface area (Å²) in [5.41, 5.74) is 0. The Hall–Kier alpha value is -0.150. The van der Waals surface area contributed by atoms with Gasteiger partial charge in [0.2, 0.25) is 0 Å². The Labute approximate surface area is 103 Å². The highest BCUT2D eigenvalue weighted by atomic mass is 79.9. The normalized spacial score (nSPS) is 22.7. The van der Waals surface area contributed by atoms with Gasteiger partial charge in [-0.2, -0.15) is 0 Å². The molecule has 0 N–H and O–H groups in total. The molecule has 1 aromatic heterocycles. The molecular weight excluding hydrogens is 272 g/mol. The van der Waals surface area contributed by atoms with Crippen LogP contribution in [0.1, 0.15) is 37.0 Å². The van der Waals surface area contributed by atoms with Crippen LogP contribution in [0.15, 0.2) is 15.9 Å². The highest BCUT2D eigenvalue weighted by molar-refractivity contribution is 9.10. The minimum atomic E-state index is 0.290. The maximum atomic E-state index is 11.8. The van der Waals surface area contributed by atoms with Crippen LogP contribution in [-0.2, 0) is 11.2 Å². The fraction of sp³-hybridized carbons (Fsp3) is 0.583. The fourth-order valence-electron chi connectivity index (χ4n) is 2.15. The molecule has 1 saturated carbocycles. The second kappa shape index (κ2) is 5.26. The highest BCUT2D eigenvalue weighted by Gasteiger charge is 2.21. The maximum absolute atomic E-state index is 11.8. The lowest BCUT2D eigenvalue weighted by Gasteiger charge is -2.10. The fourth-order valence-corrected chi connectivity index (χ4v) is 3.68. The standard InChI is InChI=1S/C12H15BrOS/c13-10-7-11(15-8-10)6-9-4-2-1-3-5-12(9)14/h7-9H,1-6H2. The van der Waals surface area contributed by atoms with Crippen LogP contribution in [0.3, 0.4) is 0 Å². The van der Waals surface area contributed by atoms with E-state index >= 15 is 0 Å². The molecule has 3 heteroatoms. The van der Waals surface area contributed by atoms with E-state index in [-0.39, 0.29) is 5.92 Å². The first-order valence-corrected chi connectivity index (χ1v) is 7.18. The summed E-state index contributed by atoms with van der Waals surface area (Å²) in [6.07, 6.45) is 6.41. The summed E-state index contributed by atoms with van der Waals surface area (Å²) < 4.78 is 1.14. The lowest BCUT2D eigenvalue weighted by molar-refractivity contribution is -0.122. The third-order valence-corrected chi connectivity index (χ3v) is 4.72. The van der Waals surface area contributed by atoms with Gasteiger partial charge in [0.1, 0.15) is 5.78 Å². The zero-order valence-electron chi connectivity index (χ0n) is 8.67. The molecule has 1 unspecified atom stereocenters. The van der Waals surface area contributed by atoms with Crippen LogP contribution in [0.2, 0.25) is 0 Å². The van der Waals surface area contributed by atoms with Gasteiger partial charge in [-0.05, 0) is 41.3 Å². The third kappa shape index (κ3) is 3.15. The van der Waals surface area contributed by atoms with Gasteiger partial charge >= 0.3 is 0 Å². The summed E-state index contributed by atoms with van der Waals surface area (Å²) in [6, 6.07) is 2.14. The Kier molecular flexibility index (Phi) is 3.98. The van der Waals surface area contributed by atoms with Crippen LogP contribution in [-0.4, -0.2) is 5.78 Å². The van der Waals surface area contributed by atoms with Gasteiger partial charge in [-0.15, -0.1) is 11.3 Å². The average Bonchev–Trinajstić information content (AvgIpc) is 2.50. The van der Waals surface area contributed by atoms with E-state index in [1.54, 1.807) is 11.3 Å². The van der Waals surface area contributed by atoms with Gasteiger partial charge in [0.25, 0.3) is 0 Å². The van der Waals surface area contributed by atoms with Gasteiger partial charge in [-0.25, -0.2) is 0 Å². The number of carbonyl (C=O) groups is 1. The minimum absolute atomic E-state index is 0.290. The van der Waals surface area contributed by atoms with Crippen LogP contribution < -0.4 is 0 Å². The van der Waals surface area contributed by atoms with Crippen molar-refractivity contribution < 1.29 is 4.79 Å². The first kappa shape index (κ1) is 11.3. The van der Waals surface area contributed by atoms with Gasteiger partial charge in [0.15, 0.2) is 0 Å². The van der Waals surface area contributed by atoms with Crippen LogP contribution >= 0.6 is 27.3 Å². The quantitative estimate of drug-likeness (QED) is 0.745. The van der Waals surface area contributed by atoms with Crippen molar-refractivity contribution in [3.8, 4) is 0 Å². The molecule has 1 nitrogen and oxygen atoms in total. The molecule has 0 radical (unpaired) electrons. The summed E-state index contributed by atoms with van der Waals surface area (Å²) >= 11 is 5.21. The van der Waals surface area contributed by atoms with Gasteiger partial charge in [-0.3, -0.25) is 4.79 Å². The molecule has 15 heavy (non-hydrogen) atoms. The Balaban J connectivity index is 2.00. The molecule has 1 aliphatic carbocycles. The molecule has 1 heterocycles. The van der Waals surface area contributed by atoms with Gasteiger partial charge in [-0.1, -0.05) is 12.8 Å². The Morgan fingerprint density at radius 1 is 1.40 bits per heavy atom. The lowest BCUT2D eigenvalue weighted by Crippen LogP contribution is -2.14. The van der Waals surface area contributed by atoms with Crippen molar-refractivity contribution in [2.24, 2.45) is 5.92 Å². The first-order valence-electron chi connectivity index (χ1n) is 5.51. The lowest BCUT2D eigenvalue weighted by atomic mass is 9.95. The number of ketones is 1. The molecule has 0 aromatic carbocycles. The van der Waals surface area contributed by atoms with Crippen LogP contribution in [0, 0.1) is 5.92 Å². The second-order valence-corrected chi connectivity index (χ2v) is 6.11. The third-order valence-electron chi connectivity index (χ3n) is 3.00. The van der Waals surface area contributed by atoms with E-state index in [0.29, 0.717) is 5.78 Å². The molecular formula is C12H15BrOS. The van der Waals surface area contributed by atoms with E-state index in [2.05, 4.69) is 27.4 Å². The molecule has 82 valence electrons. The van der Waals surface area contributed by atoms with Crippen LogP contribution in [0.25, 0.3) is 0 Å². The number of halogens is 1. The molecule has 0 spiro atoms. The van der Waals surface area contributed by atoms with Gasteiger partial charge in [0, 0.05) is 27.1 Å². The Morgan fingerprint density at radius 3 is 3.00 bits per heavy atom. The second-order valence-electron chi connectivity index (χ2n) is 4.20. The van der Waals surface area contributed by atoms with Crippen molar-refractivity contribution in [3.05, 3.63) is 20.8 Å². The number of rotatable bonds is 2. The largest absolute Gasteiger partial charge is 0.299 e. The summed E-state index contributed by atoms with van der Waals surface area (Å²) in [5, 5.41) is 2.09.